The number of terminal acetylenes is 1. The maximum absolute atomic E-state index is 13.8. The molecule has 258 valence electrons. The highest BCUT2D eigenvalue weighted by Crippen LogP contribution is 2.43. The summed E-state index contributed by atoms with van der Waals surface area (Å²) < 4.78 is 27.9. The van der Waals surface area contributed by atoms with E-state index in [1.165, 1.54) is 0 Å². The third kappa shape index (κ3) is 14.6. The van der Waals surface area contributed by atoms with Crippen LogP contribution in [0.5, 0.6) is 0 Å². The van der Waals surface area contributed by atoms with Gasteiger partial charge in [0.2, 0.25) is 0 Å². The highest BCUT2D eigenvalue weighted by atomic mass is 32.2. The van der Waals surface area contributed by atoms with Crippen molar-refractivity contribution in [2.75, 3.05) is 37.2 Å². The Hall–Kier alpha value is -2.48. The van der Waals surface area contributed by atoms with Gasteiger partial charge in [0.1, 0.15) is 7.14 Å². The number of nitrogens with one attached hydrogen (secondary N) is 2. The summed E-state index contributed by atoms with van der Waals surface area (Å²) in [4.78, 5) is 0. The van der Waals surface area contributed by atoms with Crippen molar-refractivity contribution in [2.24, 2.45) is 0 Å². The normalized spacial score (nSPS) is 11.8. The monoisotopic (exact) mass is 720 g/mol. The van der Waals surface area contributed by atoms with Crippen LogP contribution in [0.25, 0.3) is 0 Å². The van der Waals surface area contributed by atoms with Gasteiger partial charge in [0, 0.05) is 61.6 Å². The smallest absolute Gasteiger partial charge is 0.156 e. The Balaban J connectivity index is 0.000000318. The van der Waals surface area contributed by atoms with Gasteiger partial charge in [-0.2, -0.15) is 11.8 Å². The molecule has 8 heteroatoms. The van der Waals surface area contributed by atoms with Gasteiger partial charge in [-0.3, -0.25) is 0 Å². The molecule has 0 aliphatic heterocycles. The van der Waals surface area contributed by atoms with E-state index in [0.717, 1.165) is 45.9 Å². The number of rotatable bonds is 14. The summed E-state index contributed by atoms with van der Waals surface area (Å²) in [5.74, 6) is 1.87. The molecule has 0 fully saturated rings. The van der Waals surface area contributed by atoms with E-state index in [2.05, 4.69) is 65.0 Å². The SMILES string of the molecule is C#C.CC(C)(C)SCCNCCP(=O)(c1ccccc1)c1ccccc1.CC(C)(C)SCNCP(=O)(c1ccccc1)c1ccccc1. The molecule has 0 aromatic heterocycles. The molecular weight excluding hydrogens is 667 g/mol. The Morgan fingerprint density at radius 2 is 0.875 bits per heavy atom. The molecule has 0 aliphatic carbocycles. The molecule has 0 bridgehead atoms. The fourth-order valence-corrected chi connectivity index (χ4v) is 11.3. The molecule has 4 nitrogen and oxygen atoms in total. The van der Waals surface area contributed by atoms with Gasteiger partial charge in [-0.05, 0) is 0 Å². The standard InChI is InChI=1S/C20H28NOPS.C18H24NOPS.C2H2/c1-20(2,3)24-17-15-21-14-16-23(22,18-10-6-4-7-11-18)19-12-8-5-9-13-19;1-18(2,3)22-15-19-14-21(20,16-10-6-4-7-11-16)17-12-8-5-9-13-17;1-2/h4-13,21H,14-17H2,1-3H3;4-13,19H,14-15H2,1-3H3;1-2H. The molecule has 0 atom stereocenters. The van der Waals surface area contributed by atoms with Crippen molar-refractivity contribution in [1.29, 1.82) is 0 Å². The average Bonchev–Trinajstić information content (AvgIpc) is 3.10. The van der Waals surface area contributed by atoms with Crippen molar-refractivity contribution in [2.45, 2.75) is 51.0 Å². The predicted molar refractivity (Wildman–Crippen MR) is 220 cm³/mol. The molecule has 0 spiro atoms. The van der Waals surface area contributed by atoms with Crippen LogP contribution in [0.15, 0.2) is 121 Å². The lowest BCUT2D eigenvalue weighted by Gasteiger charge is -2.22. The zero-order valence-electron chi connectivity index (χ0n) is 29.5. The molecule has 0 heterocycles. The molecule has 0 saturated heterocycles. The molecule has 4 aromatic rings. The van der Waals surface area contributed by atoms with E-state index in [1.54, 1.807) is 0 Å². The highest BCUT2D eigenvalue weighted by Gasteiger charge is 2.27. The van der Waals surface area contributed by atoms with E-state index in [-0.39, 0.29) is 4.75 Å². The first kappa shape index (κ1) is 41.7. The topological polar surface area (TPSA) is 58.2 Å². The van der Waals surface area contributed by atoms with E-state index < -0.39 is 14.3 Å². The lowest BCUT2D eigenvalue weighted by atomic mass is 10.3. The summed E-state index contributed by atoms with van der Waals surface area (Å²) >= 11 is 3.79. The summed E-state index contributed by atoms with van der Waals surface area (Å²) in [5.41, 5.74) is 0. The van der Waals surface area contributed by atoms with Gasteiger partial charge in [0.05, 0.1) is 6.29 Å². The van der Waals surface area contributed by atoms with Crippen LogP contribution in [0.3, 0.4) is 0 Å². The van der Waals surface area contributed by atoms with Crippen molar-refractivity contribution in [3.8, 4) is 12.8 Å². The molecule has 48 heavy (non-hydrogen) atoms. The lowest BCUT2D eigenvalue weighted by molar-refractivity contribution is 0.583. The van der Waals surface area contributed by atoms with Crippen molar-refractivity contribution in [3.05, 3.63) is 121 Å². The zero-order chi connectivity index (χ0) is 35.5. The minimum atomic E-state index is -2.63. The number of hydrogen-bond acceptors (Lipinski definition) is 6. The minimum Gasteiger partial charge on any atom is -0.315 e. The van der Waals surface area contributed by atoms with Crippen LogP contribution < -0.4 is 31.9 Å². The molecule has 0 unspecified atom stereocenters. The first-order valence-electron chi connectivity index (χ1n) is 16.3. The van der Waals surface area contributed by atoms with Crippen LogP contribution in [0.2, 0.25) is 0 Å². The molecule has 0 radical (unpaired) electrons. The molecule has 0 saturated carbocycles. The Kier molecular flexibility index (Phi) is 18.2. The maximum Gasteiger partial charge on any atom is 0.156 e. The third-order valence-electron chi connectivity index (χ3n) is 7.05. The molecular formula is C40H54N2O2P2S2. The van der Waals surface area contributed by atoms with Crippen molar-refractivity contribution < 1.29 is 9.13 Å². The Morgan fingerprint density at radius 3 is 1.23 bits per heavy atom. The van der Waals surface area contributed by atoms with Crippen LogP contribution in [0.1, 0.15) is 41.5 Å². The zero-order valence-corrected chi connectivity index (χ0v) is 32.9. The fourth-order valence-electron chi connectivity index (χ4n) is 4.68. The maximum atomic E-state index is 13.8. The van der Waals surface area contributed by atoms with Crippen LogP contribution in [0, 0.1) is 12.8 Å². The molecule has 0 aliphatic rings. The highest BCUT2D eigenvalue weighted by molar-refractivity contribution is 8.00. The van der Waals surface area contributed by atoms with Gasteiger partial charge in [-0.1, -0.05) is 163 Å². The van der Waals surface area contributed by atoms with Crippen LogP contribution in [0.4, 0.5) is 0 Å². The molecule has 2 N–H and O–H groups in total. The van der Waals surface area contributed by atoms with Crippen LogP contribution >= 0.6 is 37.8 Å². The first-order chi connectivity index (χ1) is 22.8. The Morgan fingerprint density at radius 1 is 0.521 bits per heavy atom. The first-order valence-corrected chi connectivity index (χ1v) is 22.0. The second-order valence-electron chi connectivity index (χ2n) is 13.1. The van der Waals surface area contributed by atoms with E-state index in [0.29, 0.717) is 17.2 Å². The molecule has 4 aromatic carbocycles. The summed E-state index contributed by atoms with van der Waals surface area (Å²) in [6.07, 6.45) is 9.14. The van der Waals surface area contributed by atoms with Gasteiger partial charge in [-0.15, -0.1) is 24.6 Å². The second kappa shape index (κ2) is 20.9. The fraction of sp³-hybridized carbons (Fsp3) is 0.350. The molecule has 0 amide bonds. The van der Waals surface area contributed by atoms with Gasteiger partial charge < -0.3 is 19.8 Å². The summed E-state index contributed by atoms with van der Waals surface area (Å²) in [6, 6.07) is 39.4. The number of thioether (sulfide) groups is 2. The number of benzene rings is 4. The predicted octanol–water partition coefficient (Wildman–Crippen LogP) is 8.41. The van der Waals surface area contributed by atoms with Crippen molar-refractivity contribution in [3.63, 3.8) is 0 Å². The van der Waals surface area contributed by atoms with Crippen molar-refractivity contribution >= 4 is 59.0 Å². The van der Waals surface area contributed by atoms with E-state index in [4.69, 9.17) is 0 Å². The second-order valence-corrected chi connectivity index (χ2v) is 22.6. The average molecular weight is 721 g/mol. The van der Waals surface area contributed by atoms with Gasteiger partial charge in [0.15, 0.2) is 7.14 Å². The van der Waals surface area contributed by atoms with Crippen molar-refractivity contribution in [1.82, 2.24) is 10.6 Å². The summed E-state index contributed by atoms with van der Waals surface area (Å²) in [6.45, 7) is 15.0. The Bertz CT molecular complexity index is 1470. The van der Waals surface area contributed by atoms with Gasteiger partial charge in [-0.25, -0.2) is 0 Å². The van der Waals surface area contributed by atoms with E-state index in [1.807, 2.05) is 145 Å². The van der Waals surface area contributed by atoms with E-state index >= 15 is 0 Å². The van der Waals surface area contributed by atoms with Crippen LogP contribution in [-0.4, -0.2) is 46.7 Å². The minimum absolute atomic E-state index is 0.205. The van der Waals surface area contributed by atoms with E-state index in [9.17, 15) is 9.13 Å². The quantitative estimate of drug-likeness (QED) is 0.0591. The summed E-state index contributed by atoms with van der Waals surface area (Å²) in [7, 11) is -5.21. The Labute approximate surface area is 299 Å². The largest absolute Gasteiger partial charge is 0.315 e. The summed E-state index contributed by atoms with van der Waals surface area (Å²) in [5, 5.41) is 10.6. The third-order valence-corrected chi connectivity index (χ3v) is 15.6. The number of hydrogen-bond donors (Lipinski definition) is 2. The molecule has 4 rings (SSSR count). The lowest BCUT2D eigenvalue weighted by Crippen LogP contribution is -2.27. The van der Waals surface area contributed by atoms with Gasteiger partial charge >= 0.3 is 0 Å². The van der Waals surface area contributed by atoms with Gasteiger partial charge in [0.25, 0.3) is 0 Å². The van der Waals surface area contributed by atoms with Crippen LogP contribution in [-0.2, 0) is 9.13 Å².